The number of ether oxygens (including phenoxy) is 2. The number of nitrogens with zero attached hydrogens (tertiary/aromatic N) is 2. The zero-order chi connectivity index (χ0) is 19.7. The normalized spacial score (nSPS) is 17.7. The lowest BCUT2D eigenvalue weighted by atomic mass is 10.1. The number of rotatable bonds is 5. The number of hydrogen-bond acceptors (Lipinski definition) is 5. The number of nitrogens with one attached hydrogen (secondary N) is 1. The molecular weight excluding hydrogens is 358 g/mol. The quantitative estimate of drug-likeness (QED) is 0.859. The molecule has 2 aromatic carbocycles. The van der Waals surface area contributed by atoms with E-state index in [0.29, 0.717) is 24.6 Å². The van der Waals surface area contributed by atoms with Crippen LogP contribution in [0, 0.1) is 5.92 Å². The third-order valence-electron chi connectivity index (χ3n) is 5.08. The third kappa shape index (κ3) is 3.60. The average Bonchev–Trinajstić information content (AvgIpc) is 3.32. The Bertz CT molecular complexity index is 895. The number of fused-ring (bicyclic) bond motifs is 1. The van der Waals surface area contributed by atoms with E-state index in [1.165, 1.54) is 0 Å². The fourth-order valence-corrected chi connectivity index (χ4v) is 3.45. The summed E-state index contributed by atoms with van der Waals surface area (Å²) in [6, 6.07) is 13.4. The molecule has 1 fully saturated rings. The molecule has 0 aromatic heterocycles. The van der Waals surface area contributed by atoms with E-state index in [0.717, 1.165) is 16.9 Å². The van der Waals surface area contributed by atoms with Gasteiger partial charge in [0.1, 0.15) is 0 Å². The first kappa shape index (κ1) is 18.2. The molecule has 2 aliphatic rings. The van der Waals surface area contributed by atoms with Gasteiger partial charge in [-0.2, -0.15) is 0 Å². The molecule has 0 bridgehead atoms. The van der Waals surface area contributed by atoms with Crippen molar-refractivity contribution >= 4 is 23.2 Å². The van der Waals surface area contributed by atoms with Crippen LogP contribution >= 0.6 is 0 Å². The van der Waals surface area contributed by atoms with Crippen LogP contribution in [0.1, 0.15) is 12.0 Å². The molecule has 2 aliphatic heterocycles. The third-order valence-corrected chi connectivity index (χ3v) is 5.08. The molecule has 1 N–H and O–H groups in total. The molecule has 7 nitrogen and oxygen atoms in total. The molecule has 7 heteroatoms. The van der Waals surface area contributed by atoms with Crippen LogP contribution in [0.15, 0.2) is 42.5 Å². The predicted molar refractivity (Wildman–Crippen MR) is 106 cm³/mol. The molecule has 146 valence electrons. The van der Waals surface area contributed by atoms with Crippen molar-refractivity contribution in [2.24, 2.45) is 5.92 Å². The van der Waals surface area contributed by atoms with Crippen molar-refractivity contribution in [1.82, 2.24) is 5.32 Å². The molecule has 0 spiro atoms. The highest BCUT2D eigenvalue weighted by Gasteiger charge is 2.35. The highest BCUT2D eigenvalue weighted by atomic mass is 16.7. The van der Waals surface area contributed by atoms with Crippen LogP contribution in [-0.2, 0) is 16.1 Å². The van der Waals surface area contributed by atoms with Crippen molar-refractivity contribution < 1.29 is 19.1 Å². The Kier molecular flexibility index (Phi) is 4.81. The number of benzene rings is 2. The summed E-state index contributed by atoms with van der Waals surface area (Å²) in [5, 5.41) is 2.93. The first-order valence-corrected chi connectivity index (χ1v) is 9.25. The van der Waals surface area contributed by atoms with Crippen molar-refractivity contribution in [3.05, 3.63) is 48.0 Å². The SMILES string of the molecule is CN(C)c1ccc(N2CC(C(=O)NCc3ccc4c(c3)OCO4)CC2=O)cc1. The summed E-state index contributed by atoms with van der Waals surface area (Å²) in [6.07, 6.45) is 0.225. The molecule has 1 saturated heterocycles. The maximum Gasteiger partial charge on any atom is 0.231 e. The largest absolute Gasteiger partial charge is 0.454 e. The molecule has 0 aliphatic carbocycles. The molecule has 1 atom stereocenters. The lowest BCUT2D eigenvalue weighted by Gasteiger charge is -2.19. The number of hydrogen-bond donors (Lipinski definition) is 1. The van der Waals surface area contributed by atoms with E-state index in [1.807, 2.05) is 61.5 Å². The second kappa shape index (κ2) is 7.42. The summed E-state index contributed by atoms with van der Waals surface area (Å²) in [5.41, 5.74) is 2.81. The fourth-order valence-electron chi connectivity index (χ4n) is 3.45. The highest BCUT2D eigenvalue weighted by molar-refractivity contribution is 6.00. The standard InChI is InChI=1S/C21H23N3O4/c1-23(2)16-4-6-17(7-5-16)24-12-15(10-20(24)25)21(26)22-11-14-3-8-18-19(9-14)28-13-27-18/h3-9,15H,10-13H2,1-2H3,(H,22,26). The summed E-state index contributed by atoms with van der Waals surface area (Å²) < 4.78 is 10.6. The summed E-state index contributed by atoms with van der Waals surface area (Å²) in [7, 11) is 3.94. The van der Waals surface area contributed by atoms with Gasteiger partial charge in [-0.1, -0.05) is 6.07 Å². The van der Waals surface area contributed by atoms with E-state index in [1.54, 1.807) is 4.90 Å². The smallest absolute Gasteiger partial charge is 0.231 e. The van der Waals surface area contributed by atoms with Crippen LogP contribution in [0.4, 0.5) is 11.4 Å². The first-order valence-electron chi connectivity index (χ1n) is 9.25. The maximum absolute atomic E-state index is 12.6. The van der Waals surface area contributed by atoms with Crippen LogP contribution in [0.3, 0.4) is 0 Å². The zero-order valence-electron chi connectivity index (χ0n) is 16.0. The Morgan fingerprint density at radius 3 is 2.64 bits per heavy atom. The number of carbonyl (C=O) groups excluding carboxylic acids is 2. The minimum absolute atomic E-state index is 0.0270. The van der Waals surface area contributed by atoms with E-state index in [9.17, 15) is 9.59 Å². The molecule has 28 heavy (non-hydrogen) atoms. The van der Waals surface area contributed by atoms with E-state index < -0.39 is 0 Å². The minimum Gasteiger partial charge on any atom is -0.454 e. The second-order valence-electron chi connectivity index (χ2n) is 7.22. The maximum atomic E-state index is 12.6. The Morgan fingerprint density at radius 2 is 1.89 bits per heavy atom. The van der Waals surface area contributed by atoms with Gasteiger partial charge in [0.05, 0.1) is 5.92 Å². The van der Waals surface area contributed by atoms with Gasteiger partial charge in [-0.3, -0.25) is 9.59 Å². The van der Waals surface area contributed by atoms with Crippen LogP contribution in [0.25, 0.3) is 0 Å². The summed E-state index contributed by atoms with van der Waals surface area (Å²) >= 11 is 0. The van der Waals surface area contributed by atoms with Crippen molar-refractivity contribution in [1.29, 1.82) is 0 Å². The Hall–Kier alpha value is -3.22. The zero-order valence-corrected chi connectivity index (χ0v) is 16.0. The van der Waals surface area contributed by atoms with Crippen molar-refractivity contribution in [2.45, 2.75) is 13.0 Å². The molecular formula is C21H23N3O4. The topological polar surface area (TPSA) is 71.1 Å². The van der Waals surface area contributed by atoms with E-state index >= 15 is 0 Å². The Morgan fingerprint density at radius 1 is 1.14 bits per heavy atom. The molecule has 2 amide bonds. The molecule has 2 aromatic rings. The van der Waals surface area contributed by atoms with Crippen LogP contribution in [0.2, 0.25) is 0 Å². The minimum atomic E-state index is -0.352. The summed E-state index contributed by atoms with van der Waals surface area (Å²) in [6.45, 7) is 1.01. The summed E-state index contributed by atoms with van der Waals surface area (Å²) in [4.78, 5) is 28.7. The number of amides is 2. The van der Waals surface area contributed by atoms with Gasteiger partial charge in [-0.05, 0) is 42.0 Å². The highest BCUT2D eigenvalue weighted by Crippen LogP contribution is 2.32. The average molecular weight is 381 g/mol. The Labute approximate surface area is 163 Å². The van der Waals surface area contributed by atoms with Gasteiger partial charge in [-0.15, -0.1) is 0 Å². The number of anilines is 2. The summed E-state index contributed by atoms with van der Waals surface area (Å²) in [5.74, 6) is 0.914. The van der Waals surface area contributed by atoms with E-state index in [2.05, 4.69) is 5.32 Å². The van der Waals surface area contributed by atoms with Gasteiger partial charge in [-0.25, -0.2) is 0 Å². The molecule has 4 rings (SSSR count). The van der Waals surface area contributed by atoms with Gasteiger partial charge in [0.15, 0.2) is 11.5 Å². The van der Waals surface area contributed by atoms with Crippen molar-refractivity contribution in [2.75, 3.05) is 37.2 Å². The van der Waals surface area contributed by atoms with E-state index in [-0.39, 0.29) is 30.9 Å². The molecule has 1 unspecified atom stereocenters. The van der Waals surface area contributed by atoms with Gasteiger partial charge < -0.3 is 24.6 Å². The van der Waals surface area contributed by atoms with Crippen LogP contribution in [0.5, 0.6) is 11.5 Å². The first-order chi connectivity index (χ1) is 13.5. The lowest BCUT2D eigenvalue weighted by molar-refractivity contribution is -0.126. The Balaban J connectivity index is 1.36. The monoisotopic (exact) mass is 381 g/mol. The molecule has 2 heterocycles. The fraction of sp³-hybridized carbons (Fsp3) is 0.333. The van der Waals surface area contributed by atoms with Crippen LogP contribution < -0.4 is 24.6 Å². The van der Waals surface area contributed by atoms with Crippen molar-refractivity contribution in [3.63, 3.8) is 0 Å². The predicted octanol–water partition coefficient (Wildman–Crippen LogP) is 2.15. The van der Waals surface area contributed by atoms with Crippen molar-refractivity contribution in [3.8, 4) is 11.5 Å². The van der Waals surface area contributed by atoms with Gasteiger partial charge >= 0.3 is 0 Å². The van der Waals surface area contributed by atoms with Gasteiger partial charge in [0.2, 0.25) is 18.6 Å². The number of carbonyl (C=O) groups is 2. The van der Waals surface area contributed by atoms with Gasteiger partial charge in [0, 0.05) is 45.0 Å². The second-order valence-corrected chi connectivity index (χ2v) is 7.22. The van der Waals surface area contributed by atoms with E-state index in [4.69, 9.17) is 9.47 Å². The lowest BCUT2D eigenvalue weighted by Crippen LogP contribution is -2.32. The molecule has 0 radical (unpaired) electrons. The van der Waals surface area contributed by atoms with Crippen LogP contribution in [-0.4, -0.2) is 39.2 Å². The molecule has 0 saturated carbocycles. The van der Waals surface area contributed by atoms with Gasteiger partial charge in [0.25, 0.3) is 0 Å².